The first kappa shape index (κ1) is 16.9. The standard InChI is InChI=1S/C20H23NO2S/c1-14(13-24-2)11-21-20(22)23-12-19-17-9-5-3-7-15(17)16-8-4-6-10-18(16)19/h3-10,14,19H,11-13H2,1-2H3,(H,21,22). The van der Waals surface area contributed by atoms with Crippen LogP contribution in [0.1, 0.15) is 24.0 Å². The molecule has 1 atom stereocenters. The van der Waals surface area contributed by atoms with Gasteiger partial charge in [0.05, 0.1) is 0 Å². The zero-order chi connectivity index (χ0) is 16.9. The minimum Gasteiger partial charge on any atom is -0.449 e. The monoisotopic (exact) mass is 341 g/mol. The molecule has 3 nitrogen and oxygen atoms in total. The van der Waals surface area contributed by atoms with E-state index in [4.69, 9.17) is 4.74 Å². The van der Waals surface area contributed by atoms with Crippen molar-refractivity contribution >= 4 is 17.9 Å². The van der Waals surface area contributed by atoms with Crippen LogP contribution in [-0.4, -0.2) is 31.3 Å². The minimum absolute atomic E-state index is 0.117. The number of carbonyl (C=O) groups is 1. The molecule has 3 rings (SSSR count). The summed E-state index contributed by atoms with van der Waals surface area (Å²) in [4.78, 5) is 12.0. The SMILES string of the molecule is CSCC(C)CNC(=O)OCC1c2ccccc2-c2ccccc21. The molecule has 4 heteroatoms. The topological polar surface area (TPSA) is 38.3 Å². The largest absolute Gasteiger partial charge is 0.449 e. The maximum atomic E-state index is 12.0. The van der Waals surface area contributed by atoms with E-state index in [-0.39, 0.29) is 12.0 Å². The van der Waals surface area contributed by atoms with E-state index in [1.165, 1.54) is 22.3 Å². The highest BCUT2D eigenvalue weighted by Gasteiger charge is 2.28. The fourth-order valence-electron chi connectivity index (χ4n) is 3.25. The van der Waals surface area contributed by atoms with Gasteiger partial charge >= 0.3 is 6.09 Å². The predicted octanol–water partition coefficient (Wildman–Crippen LogP) is 4.52. The molecule has 0 saturated carbocycles. The van der Waals surface area contributed by atoms with Gasteiger partial charge in [0.1, 0.15) is 6.61 Å². The third-order valence-electron chi connectivity index (χ3n) is 4.39. The van der Waals surface area contributed by atoms with Crippen molar-refractivity contribution in [3.05, 3.63) is 59.7 Å². The van der Waals surface area contributed by atoms with Crippen LogP contribution in [-0.2, 0) is 4.74 Å². The molecule has 126 valence electrons. The molecule has 24 heavy (non-hydrogen) atoms. The molecule has 2 aromatic rings. The second kappa shape index (κ2) is 7.75. The lowest BCUT2D eigenvalue weighted by atomic mass is 9.98. The van der Waals surface area contributed by atoms with Crippen LogP contribution >= 0.6 is 11.8 Å². The number of ether oxygens (including phenoxy) is 1. The molecule has 0 saturated heterocycles. The first-order valence-electron chi connectivity index (χ1n) is 8.28. The highest BCUT2D eigenvalue weighted by atomic mass is 32.2. The molecule has 0 fully saturated rings. The second-order valence-electron chi connectivity index (χ2n) is 6.27. The molecule has 0 aromatic heterocycles. The predicted molar refractivity (Wildman–Crippen MR) is 101 cm³/mol. The van der Waals surface area contributed by atoms with Crippen LogP contribution in [0.2, 0.25) is 0 Å². The molecule has 1 amide bonds. The first-order chi connectivity index (χ1) is 11.7. The summed E-state index contributed by atoms with van der Waals surface area (Å²) in [6.45, 7) is 3.15. The average molecular weight is 341 g/mol. The highest BCUT2D eigenvalue weighted by molar-refractivity contribution is 7.98. The van der Waals surface area contributed by atoms with Gasteiger partial charge in [-0.3, -0.25) is 0 Å². The van der Waals surface area contributed by atoms with Gasteiger partial charge in [0.15, 0.2) is 0 Å². The lowest BCUT2D eigenvalue weighted by Crippen LogP contribution is -2.30. The number of thioether (sulfide) groups is 1. The van der Waals surface area contributed by atoms with Crippen molar-refractivity contribution in [3.8, 4) is 11.1 Å². The van der Waals surface area contributed by atoms with E-state index in [0.29, 0.717) is 19.1 Å². The van der Waals surface area contributed by atoms with E-state index >= 15 is 0 Å². The third-order valence-corrected chi connectivity index (χ3v) is 5.29. The molecule has 0 radical (unpaired) electrons. The van der Waals surface area contributed by atoms with Crippen molar-refractivity contribution in [2.75, 3.05) is 25.2 Å². The van der Waals surface area contributed by atoms with Crippen molar-refractivity contribution in [2.45, 2.75) is 12.8 Å². The maximum Gasteiger partial charge on any atom is 0.407 e. The lowest BCUT2D eigenvalue weighted by Gasteiger charge is -2.15. The Balaban J connectivity index is 1.64. The van der Waals surface area contributed by atoms with Gasteiger partial charge in [0, 0.05) is 12.5 Å². The van der Waals surface area contributed by atoms with Crippen molar-refractivity contribution in [3.63, 3.8) is 0 Å². The summed E-state index contributed by atoms with van der Waals surface area (Å²) in [6, 6.07) is 16.7. The van der Waals surface area contributed by atoms with Crippen molar-refractivity contribution in [2.24, 2.45) is 5.92 Å². The number of hydrogen-bond donors (Lipinski definition) is 1. The number of rotatable bonds is 6. The van der Waals surface area contributed by atoms with Gasteiger partial charge in [0.2, 0.25) is 0 Å². The maximum absolute atomic E-state index is 12.0. The Labute approximate surface area is 147 Å². The van der Waals surface area contributed by atoms with Gasteiger partial charge in [-0.05, 0) is 40.2 Å². The summed E-state index contributed by atoms with van der Waals surface area (Å²) in [6.07, 6.45) is 1.74. The number of carbonyl (C=O) groups excluding carboxylic acids is 1. The molecule has 1 aliphatic rings. The number of alkyl carbamates (subject to hydrolysis) is 1. The molecule has 2 aromatic carbocycles. The van der Waals surface area contributed by atoms with Crippen LogP contribution in [0.4, 0.5) is 4.79 Å². The van der Waals surface area contributed by atoms with E-state index in [2.05, 4.69) is 54.9 Å². The number of benzene rings is 2. The van der Waals surface area contributed by atoms with Gasteiger partial charge in [-0.25, -0.2) is 4.79 Å². The fourth-order valence-corrected chi connectivity index (χ4v) is 3.94. The van der Waals surface area contributed by atoms with Gasteiger partial charge in [-0.15, -0.1) is 0 Å². The molecule has 0 aliphatic heterocycles. The van der Waals surface area contributed by atoms with E-state index in [9.17, 15) is 4.79 Å². The van der Waals surface area contributed by atoms with Gasteiger partial charge < -0.3 is 10.1 Å². The summed E-state index contributed by atoms with van der Waals surface area (Å²) >= 11 is 1.79. The van der Waals surface area contributed by atoms with E-state index in [1.54, 1.807) is 11.8 Å². The summed E-state index contributed by atoms with van der Waals surface area (Å²) in [5, 5.41) is 2.86. The van der Waals surface area contributed by atoms with E-state index in [1.807, 2.05) is 12.1 Å². The smallest absolute Gasteiger partial charge is 0.407 e. The molecule has 1 unspecified atom stereocenters. The van der Waals surface area contributed by atoms with E-state index in [0.717, 1.165) is 5.75 Å². The van der Waals surface area contributed by atoms with Crippen molar-refractivity contribution in [1.82, 2.24) is 5.32 Å². The molecule has 1 aliphatic carbocycles. The Kier molecular flexibility index (Phi) is 5.46. The third kappa shape index (κ3) is 3.59. The Morgan fingerprint density at radius 1 is 1.12 bits per heavy atom. The summed E-state index contributed by atoms with van der Waals surface area (Å²) in [5.41, 5.74) is 4.97. The molecular formula is C20H23NO2S. The second-order valence-corrected chi connectivity index (χ2v) is 7.18. The molecule has 1 N–H and O–H groups in total. The van der Waals surface area contributed by atoms with Crippen LogP contribution in [0.25, 0.3) is 11.1 Å². The van der Waals surface area contributed by atoms with Gasteiger partial charge in [-0.2, -0.15) is 11.8 Å². The lowest BCUT2D eigenvalue weighted by molar-refractivity contribution is 0.142. The van der Waals surface area contributed by atoms with Crippen LogP contribution in [0.15, 0.2) is 48.5 Å². The molecular weight excluding hydrogens is 318 g/mol. The quantitative estimate of drug-likeness (QED) is 0.839. The van der Waals surface area contributed by atoms with Crippen LogP contribution in [0, 0.1) is 5.92 Å². The normalized spacial score (nSPS) is 13.9. The molecule has 0 bridgehead atoms. The molecule has 0 spiro atoms. The summed E-state index contributed by atoms with van der Waals surface area (Å²) < 4.78 is 5.51. The van der Waals surface area contributed by atoms with Crippen LogP contribution in [0.5, 0.6) is 0 Å². The van der Waals surface area contributed by atoms with Gasteiger partial charge in [0.25, 0.3) is 0 Å². The van der Waals surface area contributed by atoms with Crippen molar-refractivity contribution < 1.29 is 9.53 Å². The number of hydrogen-bond acceptors (Lipinski definition) is 3. The summed E-state index contributed by atoms with van der Waals surface area (Å²) in [5.74, 6) is 1.59. The van der Waals surface area contributed by atoms with E-state index < -0.39 is 0 Å². The van der Waals surface area contributed by atoms with Crippen molar-refractivity contribution in [1.29, 1.82) is 0 Å². The summed E-state index contributed by atoms with van der Waals surface area (Å²) in [7, 11) is 0. The number of nitrogens with one attached hydrogen (secondary N) is 1. The molecule has 0 heterocycles. The number of amides is 1. The Morgan fingerprint density at radius 3 is 2.29 bits per heavy atom. The number of fused-ring (bicyclic) bond motifs is 3. The van der Waals surface area contributed by atoms with Crippen LogP contribution < -0.4 is 5.32 Å². The Bertz CT molecular complexity index is 671. The first-order valence-corrected chi connectivity index (χ1v) is 9.68. The van der Waals surface area contributed by atoms with Gasteiger partial charge in [-0.1, -0.05) is 55.5 Å². The fraction of sp³-hybridized carbons (Fsp3) is 0.350. The zero-order valence-corrected chi connectivity index (χ0v) is 14.9. The van der Waals surface area contributed by atoms with Crippen LogP contribution in [0.3, 0.4) is 0 Å². The average Bonchev–Trinajstić information content (AvgIpc) is 2.92. The Morgan fingerprint density at radius 2 is 1.71 bits per heavy atom. The zero-order valence-electron chi connectivity index (χ0n) is 14.1. The highest BCUT2D eigenvalue weighted by Crippen LogP contribution is 2.44. The minimum atomic E-state index is -0.329. The Hall–Kier alpha value is -1.94.